The Morgan fingerprint density at radius 3 is 2.62 bits per heavy atom. The molecule has 0 bridgehead atoms. The van der Waals surface area contributed by atoms with Gasteiger partial charge in [-0.1, -0.05) is 42.8 Å². The number of halogens is 3. The first-order valence-electron chi connectivity index (χ1n) is 12.9. The van der Waals surface area contributed by atoms with E-state index in [4.69, 9.17) is 4.74 Å². The maximum atomic E-state index is 13.9. The minimum absolute atomic E-state index is 0.0196. The zero-order valence-corrected chi connectivity index (χ0v) is 20.1. The van der Waals surface area contributed by atoms with Gasteiger partial charge in [0.2, 0.25) is 5.88 Å². The second kappa shape index (κ2) is 7.83. The molecule has 7 rings (SSSR count). The highest BCUT2D eigenvalue weighted by atomic mass is 19.4. The topological polar surface area (TPSA) is 59.4 Å². The summed E-state index contributed by atoms with van der Waals surface area (Å²) in [4.78, 5) is 15.8. The lowest BCUT2D eigenvalue weighted by molar-refractivity contribution is -0.139. The van der Waals surface area contributed by atoms with Gasteiger partial charge < -0.3 is 9.84 Å². The van der Waals surface area contributed by atoms with Gasteiger partial charge in [-0.05, 0) is 76.5 Å². The maximum absolute atomic E-state index is 13.9. The van der Waals surface area contributed by atoms with Crippen molar-refractivity contribution in [1.82, 2.24) is 4.98 Å². The molecule has 3 aromatic rings. The van der Waals surface area contributed by atoms with Gasteiger partial charge in [-0.25, -0.2) is 4.98 Å². The Labute approximate surface area is 212 Å². The quantitative estimate of drug-likeness (QED) is 0.424. The predicted molar refractivity (Wildman–Crippen MR) is 130 cm³/mol. The fourth-order valence-corrected chi connectivity index (χ4v) is 7.34. The third-order valence-corrected chi connectivity index (χ3v) is 9.26. The van der Waals surface area contributed by atoms with E-state index in [-0.39, 0.29) is 35.7 Å². The van der Waals surface area contributed by atoms with Gasteiger partial charge in [0.1, 0.15) is 6.61 Å². The lowest BCUT2D eigenvalue weighted by atomic mass is 9.64. The molecule has 4 nitrogen and oxygen atoms in total. The molecule has 37 heavy (non-hydrogen) atoms. The highest BCUT2D eigenvalue weighted by molar-refractivity contribution is 5.77. The number of aliphatic carboxylic acids is 1. The summed E-state index contributed by atoms with van der Waals surface area (Å²) in [5, 5.41) is 9.31. The van der Waals surface area contributed by atoms with E-state index in [1.807, 2.05) is 18.2 Å². The van der Waals surface area contributed by atoms with Crippen LogP contribution in [0.2, 0.25) is 0 Å². The van der Waals surface area contributed by atoms with Gasteiger partial charge in [0.25, 0.3) is 0 Å². The van der Waals surface area contributed by atoms with Crippen LogP contribution in [0.4, 0.5) is 13.2 Å². The Balaban J connectivity index is 1.15. The molecule has 1 N–H and O–H groups in total. The molecule has 2 saturated carbocycles. The second-order valence-corrected chi connectivity index (χ2v) is 11.2. The van der Waals surface area contributed by atoms with Gasteiger partial charge in [0.05, 0.1) is 11.5 Å². The molecular weight excluding hydrogens is 479 g/mol. The van der Waals surface area contributed by atoms with Crippen LogP contribution in [0.25, 0.3) is 0 Å². The smallest absolute Gasteiger partial charge is 0.416 e. The summed E-state index contributed by atoms with van der Waals surface area (Å²) in [7, 11) is 0. The minimum Gasteiger partial charge on any atom is -0.481 e. The number of carboxylic acids is 1. The number of carboxylic acid groups (broad SMARTS) is 1. The number of aromatic nitrogens is 1. The van der Waals surface area contributed by atoms with Gasteiger partial charge in [-0.2, -0.15) is 13.2 Å². The molecule has 0 amide bonds. The van der Waals surface area contributed by atoms with E-state index < -0.39 is 17.7 Å². The lowest BCUT2D eigenvalue weighted by Gasteiger charge is -2.40. The molecular formula is C30H26F3NO3. The predicted octanol–water partition coefficient (Wildman–Crippen LogP) is 6.61. The van der Waals surface area contributed by atoms with Crippen molar-refractivity contribution >= 4 is 5.97 Å². The van der Waals surface area contributed by atoms with Crippen molar-refractivity contribution in [3.05, 3.63) is 93.7 Å². The second-order valence-electron chi connectivity index (χ2n) is 11.2. The van der Waals surface area contributed by atoms with Crippen molar-refractivity contribution in [3.63, 3.8) is 0 Å². The summed E-state index contributed by atoms with van der Waals surface area (Å²) in [5.41, 5.74) is 4.98. The number of alkyl halides is 3. The van der Waals surface area contributed by atoms with Crippen LogP contribution in [-0.4, -0.2) is 16.1 Å². The molecule has 0 saturated heterocycles. The van der Waals surface area contributed by atoms with E-state index in [0.717, 1.165) is 47.9 Å². The number of fused-ring (bicyclic) bond motifs is 5. The van der Waals surface area contributed by atoms with Crippen LogP contribution in [0.15, 0.2) is 54.7 Å². The van der Waals surface area contributed by atoms with E-state index in [1.54, 1.807) is 18.3 Å². The molecule has 0 radical (unpaired) electrons. The van der Waals surface area contributed by atoms with Crippen LogP contribution in [0, 0.1) is 11.8 Å². The summed E-state index contributed by atoms with van der Waals surface area (Å²) >= 11 is 0. The molecule has 1 heterocycles. The Bertz CT molecular complexity index is 1430. The first-order chi connectivity index (χ1) is 17.7. The average molecular weight is 506 g/mol. The van der Waals surface area contributed by atoms with Crippen molar-refractivity contribution < 1.29 is 27.8 Å². The molecule has 4 aliphatic rings. The van der Waals surface area contributed by atoms with Crippen molar-refractivity contribution in [1.29, 1.82) is 0 Å². The Hall–Kier alpha value is -3.35. The van der Waals surface area contributed by atoms with Crippen molar-refractivity contribution in [2.24, 2.45) is 11.8 Å². The van der Waals surface area contributed by atoms with Crippen LogP contribution in [-0.2, 0) is 29.4 Å². The molecule has 4 atom stereocenters. The first kappa shape index (κ1) is 22.8. The third kappa shape index (κ3) is 3.50. The zero-order valence-electron chi connectivity index (χ0n) is 20.1. The summed E-state index contributed by atoms with van der Waals surface area (Å²) in [6, 6.07) is 14.0. The molecule has 2 unspecified atom stereocenters. The van der Waals surface area contributed by atoms with Crippen LogP contribution < -0.4 is 4.74 Å². The van der Waals surface area contributed by atoms with Gasteiger partial charge in [-0.15, -0.1) is 0 Å². The van der Waals surface area contributed by atoms with Crippen molar-refractivity contribution in [2.75, 3.05) is 0 Å². The van der Waals surface area contributed by atoms with Gasteiger partial charge in [0, 0.05) is 24.1 Å². The highest BCUT2D eigenvalue weighted by Gasteiger charge is 2.60. The van der Waals surface area contributed by atoms with Gasteiger partial charge in [-0.3, -0.25) is 4.79 Å². The van der Waals surface area contributed by atoms with E-state index >= 15 is 0 Å². The molecule has 4 aliphatic carbocycles. The number of hydrogen-bond acceptors (Lipinski definition) is 3. The Morgan fingerprint density at radius 1 is 1.08 bits per heavy atom. The number of hydrogen-bond donors (Lipinski definition) is 1. The number of benzene rings is 2. The summed E-state index contributed by atoms with van der Waals surface area (Å²) in [6.07, 6.45) is 1.94. The summed E-state index contributed by atoms with van der Waals surface area (Å²) in [6.45, 7) is 0.268. The summed E-state index contributed by atoms with van der Waals surface area (Å²) in [5.74, 6) is -0.598. The lowest BCUT2D eigenvalue weighted by Crippen LogP contribution is -2.31. The minimum atomic E-state index is -4.39. The van der Waals surface area contributed by atoms with Crippen LogP contribution in [0.1, 0.15) is 76.5 Å². The van der Waals surface area contributed by atoms with E-state index in [9.17, 15) is 23.1 Å². The zero-order chi connectivity index (χ0) is 25.5. The highest BCUT2D eigenvalue weighted by Crippen LogP contribution is 2.62. The number of pyridine rings is 1. The first-order valence-corrected chi connectivity index (χ1v) is 12.9. The molecule has 2 fully saturated rings. The molecule has 2 aromatic carbocycles. The van der Waals surface area contributed by atoms with E-state index in [1.165, 1.54) is 17.7 Å². The molecule has 190 valence electrons. The molecule has 7 heteroatoms. The fourth-order valence-electron chi connectivity index (χ4n) is 7.34. The normalized spacial score (nSPS) is 26.2. The van der Waals surface area contributed by atoms with Crippen LogP contribution in [0.5, 0.6) is 5.88 Å². The number of ether oxygens (including phenoxy) is 1. The van der Waals surface area contributed by atoms with Crippen molar-refractivity contribution in [3.8, 4) is 5.88 Å². The van der Waals surface area contributed by atoms with Crippen LogP contribution >= 0.6 is 0 Å². The van der Waals surface area contributed by atoms with Gasteiger partial charge in [0.15, 0.2) is 0 Å². The van der Waals surface area contributed by atoms with Gasteiger partial charge >= 0.3 is 12.1 Å². The number of rotatable bonds is 5. The molecule has 1 aromatic heterocycles. The monoisotopic (exact) mass is 505 g/mol. The number of carbonyl (C=O) groups is 1. The average Bonchev–Trinajstić information content (AvgIpc) is 3.27. The standard InChI is InChI=1S/C30H26F3NO3/c31-30(32,33)24-5-2-1-4-18(24)21-13-29(8-3-9-29)23-7-6-16(10-19(21)23)15-37-25-12-17-11-20-26(22(17)14-34-25)27(20)28(35)36/h1-2,4-7,10,12,14,20-21,26-27H,3,8-9,11,13,15H2,(H,35,36)/t20-,21?,26-,27?/m1/s1. The van der Waals surface area contributed by atoms with Crippen molar-refractivity contribution in [2.45, 2.75) is 62.1 Å². The van der Waals surface area contributed by atoms with E-state index in [2.05, 4.69) is 11.1 Å². The van der Waals surface area contributed by atoms with E-state index in [0.29, 0.717) is 17.9 Å². The SMILES string of the molecule is O=C(O)C1[C@H]2c3cnc(OCc4ccc5c(c4)C(c4ccccc4C(F)(F)F)CC54CCC4)cc3C[C@@H]12. The maximum Gasteiger partial charge on any atom is 0.416 e. The Morgan fingerprint density at radius 2 is 1.89 bits per heavy atom. The molecule has 0 aliphatic heterocycles. The Kier molecular flexibility index (Phi) is 4.83. The third-order valence-electron chi connectivity index (χ3n) is 9.26. The summed E-state index contributed by atoms with van der Waals surface area (Å²) < 4.78 is 47.6. The largest absolute Gasteiger partial charge is 0.481 e. The molecule has 1 spiro atoms. The fraction of sp³-hybridized carbons (Fsp3) is 0.400. The van der Waals surface area contributed by atoms with Crippen LogP contribution in [0.3, 0.4) is 0 Å². The number of nitrogens with zero attached hydrogens (tertiary/aromatic N) is 1.